The maximum atomic E-state index is 12.8. The van der Waals surface area contributed by atoms with Crippen molar-refractivity contribution in [1.29, 1.82) is 0 Å². The highest BCUT2D eigenvalue weighted by Gasteiger charge is 2.64. The first-order valence-corrected chi connectivity index (χ1v) is 5.81. The number of hydrogen-bond acceptors (Lipinski definition) is 2. The van der Waals surface area contributed by atoms with E-state index in [2.05, 4.69) is 0 Å². The smallest absolute Gasteiger partial charge is 0.378 e. The molecule has 0 spiro atoms. The average molecular weight is 289 g/mol. The van der Waals surface area contributed by atoms with Gasteiger partial charge < -0.3 is 10.1 Å². The summed E-state index contributed by atoms with van der Waals surface area (Å²) < 4.78 is 66.9. The molecule has 8 heteroatoms. The van der Waals surface area contributed by atoms with Crippen LogP contribution in [0, 0.1) is 5.41 Å². The van der Waals surface area contributed by atoms with E-state index in [1.807, 2.05) is 0 Å². The molecule has 0 heterocycles. The van der Waals surface area contributed by atoms with Gasteiger partial charge in [0.2, 0.25) is 0 Å². The van der Waals surface area contributed by atoms with Crippen LogP contribution in [-0.4, -0.2) is 36.8 Å². The molecular formula is C11H16F5NO2. The van der Waals surface area contributed by atoms with Crippen molar-refractivity contribution >= 4 is 5.91 Å². The zero-order chi connectivity index (χ0) is 15.1. The number of nitrogens with one attached hydrogen (secondary N) is 1. The second-order valence-corrected chi connectivity index (χ2v) is 5.10. The van der Waals surface area contributed by atoms with Gasteiger partial charge in [0.1, 0.15) is 0 Å². The van der Waals surface area contributed by atoms with Gasteiger partial charge in [0.25, 0.3) is 0 Å². The quantitative estimate of drug-likeness (QED) is 0.808. The molecule has 0 aromatic heterocycles. The Balaban J connectivity index is 2.66. The number of amides is 1. The summed E-state index contributed by atoms with van der Waals surface area (Å²) in [6, 6.07) is -0.759. The van der Waals surface area contributed by atoms with Gasteiger partial charge in [-0.2, -0.15) is 22.0 Å². The van der Waals surface area contributed by atoms with Crippen LogP contribution >= 0.6 is 0 Å². The van der Waals surface area contributed by atoms with Gasteiger partial charge in [0.05, 0.1) is 6.10 Å². The number of halogens is 5. The highest BCUT2D eigenvalue weighted by atomic mass is 19.4. The topological polar surface area (TPSA) is 38.3 Å². The summed E-state index contributed by atoms with van der Waals surface area (Å²) >= 11 is 0. The first-order chi connectivity index (χ1) is 8.44. The Morgan fingerprint density at radius 3 is 2.21 bits per heavy atom. The Hall–Kier alpha value is -0.920. The lowest BCUT2D eigenvalue weighted by atomic mass is 9.64. The van der Waals surface area contributed by atoms with Crippen molar-refractivity contribution < 1.29 is 31.5 Å². The third-order valence-electron chi connectivity index (χ3n) is 3.49. The van der Waals surface area contributed by atoms with E-state index in [1.54, 1.807) is 26.1 Å². The number of rotatable bonds is 4. The summed E-state index contributed by atoms with van der Waals surface area (Å²) in [5.74, 6) is -7.69. The second kappa shape index (κ2) is 4.88. The first kappa shape index (κ1) is 16.1. The van der Waals surface area contributed by atoms with E-state index >= 15 is 0 Å². The third-order valence-corrected chi connectivity index (χ3v) is 3.49. The van der Waals surface area contributed by atoms with Gasteiger partial charge in [0.15, 0.2) is 0 Å². The maximum Gasteiger partial charge on any atom is 0.463 e. The van der Waals surface area contributed by atoms with E-state index in [0.717, 1.165) is 0 Å². The molecule has 0 aromatic rings. The fourth-order valence-electron chi connectivity index (χ4n) is 1.99. The van der Waals surface area contributed by atoms with E-state index in [1.165, 1.54) is 0 Å². The van der Waals surface area contributed by atoms with E-state index in [0.29, 0.717) is 6.61 Å². The van der Waals surface area contributed by atoms with Crippen molar-refractivity contribution in [2.75, 3.05) is 6.61 Å². The average Bonchev–Trinajstić information content (AvgIpc) is 2.25. The van der Waals surface area contributed by atoms with Crippen molar-refractivity contribution in [3.05, 3.63) is 0 Å². The van der Waals surface area contributed by atoms with Gasteiger partial charge >= 0.3 is 18.0 Å². The van der Waals surface area contributed by atoms with Crippen LogP contribution in [-0.2, 0) is 9.53 Å². The number of carbonyl (C=O) groups excluding carboxylic acids is 1. The summed E-state index contributed by atoms with van der Waals surface area (Å²) in [6.45, 7) is 5.45. The van der Waals surface area contributed by atoms with E-state index in [-0.39, 0.29) is 12.5 Å². The predicted octanol–water partition coefficient (Wildman–Crippen LogP) is 2.50. The molecule has 112 valence electrons. The van der Waals surface area contributed by atoms with Crippen LogP contribution in [0.1, 0.15) is 27.2 Å². The van der Waals surface area contributed by atoms with Crippen LogP contribution in [0.15, 0.2) is 0 Å². The molecule has 2 atom stereocenters. The van der Waals surface area contributed by atoms with Gasteiger partial charge in [-0.1, -0.05) is 13.8 Å². The standard InChI is InChI=1S/C11H16F5NO2/c1-4-19-7-5-6(9(7,2)3)17-8(18)10(12,13)11(14,15)16/h6-7H,4-5H2,1-3H3,(H,17,18). The van der Waals surface area contributed by atoms with Crippen molar-refractivity contribution in [3.63, 3.8) is 0 Å². The fraction of sp³-hybridized carbons (Fsp3) is 0.909. The highest BCUT2D eigenvalue weighted by Crippen LogP contribution is 2.44. The normalized spacial score (nSPS) is 26.7. The molecule has 2 unspecified atom stereocenters. The van der Waals surface area contributed by atoms with Crippen molar-refractivity contribution in [2.24, 2.45) is 5.41 Å². The number of hydrogen-bond donors (Lipinski definition) is 1. The molecule has 1 aliphatic rings. The monoisotopic (exact) mass is 289 g/mol. The van der Waals surface area contributed by atoms with E-state index in [4.69, 9.17) is 4.74 Å². The molecule has 0 bridgehead atoms. The Morgan fingerprint density at radius 2 is 1.84 bits per heavy atom. The third kappa shape index (κ3) is 2.82. The molecule has 3 nitrogen and oxygen atoms in total. The van der Waals surface area contributed by atoms with Gasteiger partial charge in [-0.15, -0.1) is 0 Å². The molecule has 0 aromatic carbocycles. The number of ether oxygens (including phenoxy) is 1. The number of alkyl halides is 5. The minimum absolute atomic E-state index is 0.223. The molecule has 19 heavy (non-hydrogen) atoms. The van der Waals surface area contributed by atoms with E-state index < -0.39 is 29.5 Å². The largest absolute Gasteiger partial charge is 0.463 e. The van der Waals surface area contributed by atoms with Crippen molar-refractivity contribution in [1.82, 2.24) is 5.32 Å². The van der Waals surface area contributed by atoms with Gasteiger partial charge in [-0.05, 0) is 13.3 Å². The van der Waals surface area contributed by atoms with Crippen LogP contribution in [0.2, 0.25) is 0 Å². The molecule has 1 fully saturated rings. The lowest BCUT2D eigenvalue weighted by Crippen LogP contribution is -2.65. The van der Waals surface area contributed by atoms with Crippen LogP contribution in [0.25, 0.3) is 0 Å². The van der Waals surface area contributed by atoms with Gasteiger partial charge in [0, 0.05) is 18.1 Å². The predicted molar refractivity (Wildman–Crippen MR) is 56.7 cm³/mol. The maximum absolute atomic E-state index is 12.8. The minimum Gasteiger partial charge on any atom is -0.378 e. The Kier molecular flexibility index (Phi) is 4.15. The molecule has 0 saturated heterocycles. The second-order valence-electron chi connectivity index (χ2n) is 5.10. The highest BCUT2D eigenvalue weighted by molar-refractivity contribution is 5.84. The summed E-state index contributed by atoms with van der Waals surface area (Å²) in [5, 5.41) is 1.75. The molecule has 1 amide bonds. The minimum atomic E-state index is -5.88. The van der Waals surface area contributed by atoms with Gasteiger partial charge in [-0.25, -0.2) is 0 Å². The Labute approximate surface area is 107 Å². The molecule has 1 saturated carbocycles. The molecule has 1 rings (SSSR count). The molecule has 1 N–H and O–H groups in total. The summed E-state index contributed by atoms with van der Waals surface area (Å²) in [5.41, 5.74) is -0.673. The van der Waals surface area contributed by atoms with Crippen LogP contribution in [0.5, 0.6) is 0 Å². The Bertz CT molecular complexity index is 353. The molecular weight excluding hydrogens is 273 g/mol. The zero-order valence-corrected chi connectivity index (χ0v) is 10.8. The molecule has 0 aliphatic heterocycles. The lowest BCUT2D eigenvalue weighted by Gasteiger charge is -2.51. The van der Waals surface area contributed by atoms with E-state index in [9.17, 15) is 26.7 Å². The van der Waals surface area contributed by atoms with Crippen LogP contribution in [0.4, 0.5) is 22.0 Å². The summed E-state index contributed by atoms with van der Waals surface area (Å²) in [4.78, 5) is 11.0. The fourth-order valence-corrected chi connectivity index (χ4v) is 1.99. The van der Waals surface area contributed by atoms with Gasteiger partial charge in [-0.3, -0.25) is 4.79 Å². The van der Waals surface area contributed by atoms with Crippen molar-refractivity contribution in [3.8, 4) is 0 Å². The zero-order valence-electron chi connectivity index (χ0n) is 10.8. The summed E-state index contributed by atoms with van der Waals surface area (Å²) in [6.07, 6.45) is -5.92. The SMILES string of the molecule is CCOC1CC(NC(=O)C(F)(F)C(F)(F)F)C1(C)C. The number of carbonyl (C=O) groups is 1. The van der Waals surface area contributed by atoms with Crippen LogP contribution in [0.3, 0.4) is 0 Å². The Morgan fingerprint density at radius 1 is 1.32 bits per heavy atom. The van der Waals surface area contributed by atoms with Crippen LogP contribution < -0.4 is 5.32 Å². The van der Waals surface area contributed by atoms with Crippen molar-refractivity contribution in [2.45, 2.75) is 51.4 Å². The lowest BCUT2D eigenvalue weighted by molar-refractivity contribution is -0.271. The summed E-state index contributed by atoms with van der Waals surface area (Å²) in [7, 11) is 0. The molecule has 0 radical (unpaired) electrons. The molecule has 1 aliphatic carbocycles. The first-order valence-electron chi connectivity index (χ1n) is 5.81.